The van der Waals surface area contributed by atoms with E-state index in [2.05, 4.69) is 9.97 Å². The molecule has 1 saturated heterocycles. The highest BCUT2D eigenvalue weighted by atomic mass is 35.5. The number of carbonyl (C=O) groups excluding carboxylic acids is 2. The number of aliphatic hydroxyl groups excluding tert-OH is 1. The van der Waals surface area contributed by atoms with Gasteiger partial charge in [-0.2, -0.15) is 0 Å². The second-order valence-corrected chi connectivity index (χ2v) is 8.74. The topological polar surface area (TPSA) is 92.6 Å². The maximum atomic E-state index is 13.2. The molecule has 0 spiro atoms. The Kier molecular flexibility index (Phi) is 5.32. The third kappa shape index (κ3) is 3.63. The molecule has 1 unspecified atom stereocenters. The number of thiazole rings is 1. The predicted octanol–water partition coefficient (Wildman–Crippen LogP) is 4.98. The van der Waals surface area contributed by atoms with Gasteiger partial charge in [-0.3, -0.25) is 19.5 Å². The summed E-state index contributed by atoms with van der Waals surface area (Å²) in [4.78, 5) is 36.4. The van der Waals surface area contributed by atoms with Gasteiger partial charge in [-0.15, -0.1) is 0 Å². The number of hydrogen-bond acceptors (Lipinski definition) is 7. The van der Waals surface area contributed by atoms with E-state index in [0.717, 1.165) is 4.70 Å². The SMILES string of the molecule is COc1ccc(C(O)=C2C(=O)C(=O)N(c3nc4ccc(Cl)cc4s3)C2c2cccnc2)cc1. The molecule has 1 fully saturated rings. The Morgan fingerprint density at radius 2 is 1.94 bits per heavy atom. The second-order valence-electron chi connectivity index (χ2n) is 7.29. The van der Waals surface area contributed by atoms with Crippen LogP contribution < -0.4 is 9.64 Å². The largest absolute Gasteiger partial charge is 0.507 e. The van der Waals surface area contributed by atoms with E-state index in [4.69, 9.17) is 16.3 Å². The first-order chi connectivity index (χ1) is 16.0. The highest BCUT2D eigenvalue weighted by molar-refractivity contribution is 7.22. The van der Waals surface area contributed by atoms with Gasteiger partial charge in [0.15, 0.2) is 5.13 Å². The summed E-state index contributed by atoms with van der Waals surface area (Å²) in [6.07, 6.45) is 3.16. The van der Waals surface area contributed by atoms with Gasteiger partial charge in [0.25, 0.3) is 5.78 Å². The van der Waals surface area contributed by atoms with Crippen LogP contribution >= 0.6 is 22.9 Å². The molecule has 4 aromatic rings. The number of aliphatic hydroxyl groups is 1. The molecule has 1 atom stereocenters. The van der Waals surface area contributed by atoms with Gasteiger partial charge in [-0.05, 0) is 54.1 Å². The van der Waals surface area contributed by atoms with Crippen molar-refractivity contribution in [2.75, 3.05) is 12.0 Å². The molecule has 0 saturated carbocycles. The summed E-state index contributed by atoms with van der Waals surface area (Å²) in [5, 5.41) is 12.0. The van der Waals surface area contributed by atoms with Crippen molar-refractivity contribution in [3.05, 3.63) is 88.7 Å². The van der Waals surface area contributed by atoms with E-state index < -0.39 is 17.7 Å². The smallest absolute Gasteiger partial charge is 0.301 e. The highest BCUT2D eigenvalue weighted by Gasteiger charge is 2.48. The number of ether oxygens (including phenoxy) is 1. The molecule has 3 heterocycles. The van der Waals surface area contributed by atoms with Crippen molar-refractivity contribution in [1.29, 1.82) is 0 Å². The Morgan fingerprint density at radius 1 is 1.15 bits per heavy atom. The fourth-order valence-corrected chi connectivity index (χ4v) is 5.04. The number of amides is 1. The summed E-state index contributed by atoms with van der Waals surface area (Å²) >= 11 is 7.35. The lowest BCUT2D eigenvalue weighted by Crippen LogP contribution is -2.29. The molecule has 7 nitrogen and oxygen atoms in total. The van der Waals surface area contributed by atoms with Crippen LogP contribution in [0.1, 0.15) is 17.2 Å². The Labute approximate surface area is 197 Å². The summed E-state index contributed by atoms with van der Waals surface area (Å²) in [6, 6.07) is 14.4. The summed E-state index contributed by atoms with van der Waals surface area (Å²) in [5.74, 6) is -1.25. The van der Waals surface area contributed by atoms with E-state index in [1.54, 1.807) is 67.0 Å². The normalized spacial score (nSPS) is 17.6. The van der Waals surface area contributed by atoms with E-state index in [1.165, 1.54) is 23.3 Å². The third-order valence-corrected chi connectivity index (χ3v) is 6.61. The van der Waals surface area contributed by atoms with Gasteiger partial charge in [0.2, 0.25) is 0 Å². The highest BCUT2D eigenvalue weighted by Crippen LogP contribution is 2.44. The lowest BCUT2D eigenvalue weighted by molar-refractivity contribution is -0.132. The standard InChI is InChI=1S/C24H16ClN3O4S/c1-32-16-7-4-13(5-8-16)21(29)19-20(14-3-2-10-26-12-14)28(23(31)22(19)30)24-27-17-9-6-15(25)11-18(17)33-24/h2-12,20,29H,1H3. The molecule has 9 heteroatoms. The van der Waals surface area contributed by atoms with Crippen molar-refractivity contribution < 1.29 is 19.4 Å². The molecule has 0 radical (unpaired) electrons. The van der Waals surface area contributed by atoms with Crippen LogP contribution in [-0.4, -0.2) is 33.9 Å². The summed E-state index contributed by atoms with van der Waals surface area (Å²) in [6.45, 7) is 0. The van der Waals surface area contributed by atoms with Crippen LogP contribution in [0.15, 0.2) is 72.6 Å². The number of benzene rings is 2. The quantitative estimate of drug-likeness (QED) is 0.253. The average molecular weight is 478 g/mol. The molecule has 5 rings (SSSR count). The van der Waals surface area contributed by atoms with Gasteiger partial charge in [-0.1, -0.05) is 29.0 Å². The van der Waals surface area contributed by atoms with Crippen molar-refractivity contribution in [2.45, 2.75) is 6.04 Å². The van der Waals surface area contributed by atoms with E-state index in [1.807, 2.05) is 0 Å². The van der Waals surface area contributed by atoms with Gasteiger partial charge in [0, 0.05) is 23.0 Å². The summed E-state index contributed by atoms with van der Waals surface area (Å²) in [7, 11) is 1.54. The van der Waals surface area contributed by atoms with Crippen LogP contribution in [-0.2, 0) is 9.59 Å². The number of carbonyl (C=O) groups is 2. The van der Waals surface area contributed by atoms with E-state index >= 15 is 0 Å². The molecule has 0 aliphatic carbocycles. The number of fused-ring (bicyclic) bond motifs is 1. The first-order valence-corrected chi connectivity index (χ1v) is 11.1. The molecule has 2 aromatic carbocycles. The number of rotatable bonds is 4. The van der Waals surface area contributed by atoms with Gasteiger partial charge in [0.05, 0.1) is 28.9 Å². The fraction of sp³-hybridized carbons (Fsp3) is 0.0833. The lowest BCUT2D eigenvalue weighted by atomic mass is 9.96. The minimum Gasteiger partial charge on any atom is -0.507 e. The zero-order chi connectivity index (χ0) is 23.1. The molecule has 164 valence electrons. The second kappa shape index (κ2) is 8.31. The molecule has 0 bridgehead atoms. The van der Waals surface area contributed by atoms with Crippen LogP contribution in [0.4, 0.5) is 5.13 Å². The molecule has 1 N–H and O–H groups in total. The number of halogens is 1. The van der Waals surface area contributed by atoms with E-state index in [-0.39, 0.29) is 11.3 Å². The molecule has 1 aliphatic heterocycles. The van der Waals surface area contributed by atoms with Crippen molar-refractivity contribution >= 4 is 55.7 Å². The Bertz CT molecular complexity index is 1420. The Morgan fingerprint density at radius 3 is 2.64 bits per heavy atom. The Hall–Kier alpha value is -3.75. The molecular weight excluding hydrogens is 462 g/mol. The first-order valence-electron chi connectivity index (χ1n) is 9.89. The van der Waals surface area contributed by atoms with E-state index in [9.17, 15) is 14.7 Å². The van der Waals surface area contributed by atoms with Gasteiger partial charge in [0.1, 0.15) is 11.5 Å². The fourth-order valence-electron chi connectivity index (χ4n) is 3.78. The molecule has 1 aliphatic rings. The van der Waals surface area contributed by atoms with Crippen LogP contribution in [0.3, 0.4) is 0 Å². The van der Waals surface area contributed by atoms with Gasteiger partial charge in [-0.25, -0.2) is 4.98 Å². The monoisotopic (exact) mass is 477 g/mol. The minimum absolute atomic E-state index is 0.0320. The first kappa shape index (κ1) is 21.1. The Balaban J connectivity index is 1.70. The zero-order valence-electron chi connectivity index (χ0n) is 17.2. The molecule has 33 heavy (non-hydrogen) atoms. The summed E-state index contributed by atoms with van der Waals surface area (Å²) in [5.41, 5.74) is 1.58. The average Bonchev–Trinajstić information content (AvgIpc) is 3.37. The van der Waals surface area contributed by atoms with E-state index in [0.29, 0.717) is 32.5 Å². The maximum absolute atomic E-state index is 13.2. The van der Waals surface area contributed by atoms with Crippen LogP contribution in [0.25, 0.3) is 16.0 Å². The van der Waals surface area contributed by atoms with Crippen molar-refractivity contribution in [2.24, 2.45) is 0 Å². The maximum Gasteiger partial charge on any atom is 0.301 e. The van der Waals surface area contributed by atoms with Gasteiger partial charge >= 0.3 is 5.91 Å². The number of pyridine rings is 1. The van der Waals surface area contributed by atoms with Gasteiger partial charge < -0.3 is 9.84 Å². The molecule has 2 aromatic heterocycles. The number of aromatic nitrogens is 2. The van der Waals surface area contributed by atoms with Crippen molar-refractivity contribution in [3.8, 4) is 5.75 Å². The number of Topliss-reactive ketones (excluding diaryl/α,β-unsaturated/α-hetero) is 1. The van der Waals surface area contributed by atoms with Crippen LogP contribution in [0.5, 0.6) is 5.75 Å². The predicted molar refractivity (Wildman–Crippen MR) is 127 cm³/mol. The molecule has 1 amide bonds. The number of nitrogens with zero attached hydrogens (tertiary/aromatic N) is 3. The number of hydrogen-bond donors (Lipinski definition) is 1. The van der Waals surface area contributed by atoms with Crippen LogP contribution in [0, 0.1) is 0 Å². The van der Waals surface area contributed by atoms with Crippen LogP contribution in [0.2, 0.25) is 5.02 Å². The summed E-state index contributed by atoms with van der Waals surface area (Å²) < 4.78 is 5.94. The number of ketones is 1. The zero-order valence-corrected chi connectivity index (χ0v) is 18.8. The third-order valence-electron chi connectivity index (χ3n) is 5.35. The molecular formula is C24H16ClN3O4S. The van der Waals surface area contributed by atoms with Crippen molar-refractivity contribution in [1.82, 2.24) is 9.97 Å². The number of anilines is 1. The number of methoxy groups -OCH3 is 1. The minimum atomic E-state index is -0.892. The van der Waals surface area contributed by atoms with Crippen molar-refractivity contribution in [3.63, 3.8) is 0 Å². The lowest BCUT2D eigenvalue weighted by Gasteiger charge is -2.22.